The molecule has 5 unspecified atom stereocenters. The molecule has 3 saturated heterocycles. The number of phenols is 1. The molecule has 2 aromatic carbocycles. The molecule has 5 fully saturated rings. The number of piperidine rings is 1. The molecule has 6 atom stereocenters. The number of benzene rings is 2. The van der Waals surface area contributed by atoms with Crippen molar-refractivity contribution >= 4 is 5.91 Å². The summed E-state index contributed by atoms with van der Waals surface area (Å²) in [5.41, 5.74) is 0.362. The number of fused-ring (bicyclic) bond motifs is 1. The lowest BCUT2D eigenvalue weighted by atomic mass is 9.45. The Labute approximate surface area is 217 Å². The topological polar surface area (TPSA) is 82.5 Å². The standard InChI is InChI=1S/C30H34N2O5/c1-36-21-10-9-20-15-22-29-11-12-30(35)26(25(37-29)27(34)32(30)17-18-5-3-2-4-6-18)28(29,23(20)24(21)33)13-14-31(22)16-19-7-8-19/h2-6,9-10,19,22,25-26,33,35H,7-8,11-17H2,1H3/t22?,25-,26?,28?,29?,30?/m0/s1. The molecule has 2 aromatic rings. The summed E-state index contributed by atoms with van der Waals surface area (Å²) in [5.74, 6) is 0.786. The van der Waals surface area contributed by atoms with Crippen molar-refractivity contribution in [2.75, 3.05) is 20.2 Å². The Morgan fingerprint density at radius 1 is 1.11 bits per heavy atom. The molecule has 2 N–H and O–H groups in total. The lowest BCUT2D eigenvalue weighted by molar-refractivity contribution is -0.224. The quantitative estimate of drug-likeness (QED) is 0.654. The van der Waals surface area contributed by atoms with Crippen molar-refractivity contribution < 1.29 is 24.5 Å². The molecule has 3 aliphatic heterocycles. The number of hydrogen-bond acceptors (Lipinski definition) is 6. The van der Waals surface area contributed by atoms with E-state index in [1.165, 1.54) is 12.8 Å². The van der Waals surface area contributed by atoms with Gasteiger partial charge in [-0.15, -0.1) is 0 Å². The first kappa shape index (κ1) is 22.4. The summed E-state index contributed by atoms with van der Waals surface area (Å²) < 4.78 is 12.6. The zero-order valence-corrected chi connectivity index (χ0v) is 21.2. The maximum Gasteiger partial charge on any atom is 0.254 e. The first-order valence-corrected chi connectivity index (χ1v) is 13.8. The van der Waals surface area contributed by atoms with Crippen LogP contribution in [0.5, 0.6) is 11.5 Å². The van der Waals surface area contributed by atoms with Crippen LogP contribution < -0.4 is 4.74 Å². The van der Waals surface area contributed by atoms with Crippen LogP contribution in [0.1, 0.15) is 48.8 Å². The van der Waals surface area contributed by atoms with E-state index in [4.69, 9.17) is 9.47 Å². The molecular weight excluding hydrogens is 468 g/mol. The smallest absolute Gasteiger partial charge is 0.254 e. The van der Waals surface area contributed by atoms with Crippen LogP contribution in [0.25, 0.3) is 0 Å². The van der Waals surface area contributed by atoms with E-state index in [0.717, 1.165) is 48.5 Å². The van der Waals surface area contributed by atoms with Crippen molar-refractivity contribution in [2.45, 2.75) is 74.0 Å². The molecule has 0 radical (unpaired) electrons. The van der Waals surface area contributed by atoms with Gasteiger partial charge in [-0.25, -0.2) is 0 Å². The van der Waals surface area contributed by atoms with Crippen molar-refractivity contribution in [2.24, 2.45) is 11.8 Å². The third-order valence-corrected chi connectivity index (χ3v) is 10.7. The molecule has 7 nitrogen and oxygen atoms in total. The van der Waals surface area contributed by atoms with Crippen LogP contribution in [0.2, 0.25) is 0 Å². The van der Waals surface area contributed by atoms with Crippen LogP contribution in [0.3, 0.4) is 0 Å². The summed E-state index contributed by atoms with van der Waals surface area (Å²) in [6.45, 7) is 2.30. The Morgan fingerprint density at radius 3 is 2.68 bits per heavy atom. The first-order chi connectivity index (χ1) is 17.9. The number of phenolic OH excluding ortho intramolecular Hbond substituents is 1. The van der Waals surface area contributed by atoms with Gasteiger partial charge in [0.2, 0.25) is 0 Å². The van der Waals surface area contributed by atoms with Crippen LogP contribution in [0, 0.1) is 11.8 Å². The van der Waals surface area contributed by atoms with E-state index in [1.807, 2.05) is 36.4 Å². The van der Waals surface area contributed by atoms with Crippen molar-refractivity contribution in [1.29, 1.82) is 0 Å². The van der Waals surface area contributed by atoms with Crippen molar-refractivity contribution in [3.05, 3.63) is 59.2 Å². The molecule has 0 aromatic heterocycles. The van der Waals surface area contributed by atoms with E-state index < -0.39 is 28.8 Å². The lowest BCUT2D eigenvalue weighted by Gasteiger charge is -2.66. The Morgan fingerprint density at radius 2 is 1.92 bits per heavy atom. The van der Waals surface area contributed by atoms with Crippen LogP contribution >= 0.6 is 0 Å². The largest absolute Gasteiger partial charge is 0.504 e. The molecule has 8 rings (SSSR count). The minimum absolute atomic E-state index is 0.123. The van der Waals surface area contributed by atoms with Crippen LogP contribution in [0.4, 0.5) is 0 Å². The van der Waals surface area contributed by atoms with E-state index in [0.29, 0.717) is 25.1 Å². The first-order valence-electron chi connectivity index (χ1n) is 13.8. The predicted molar refractivity (Wildman–Crippen MR) is 135 cm³/mol. The molecule has 7 heteroatoms. The van der Waals surface area contributed by atoms with E-state index in [9.17, 15) is 15.0 Å². The molecule has 4 bridgehead atoms. The van der Waals surface area contributed by atoms with Gasteiger partial charge in [-0.3, -0.25) is 9.69 Å². The minimum Gasteiger partial charge on any atom is -0.504 e. The Hall–Kier alpha value is -2.61. The summed E-state index contributed by atoms with van der Waals surface area (Å²) in [7, 11) is 1.58. The third-order valence-electron chi connectivity index (χ3n) is 10.7. The van der Waals surface area contributed by atoms with Crippen LogP contribution in [0.15, 0.2) is 42.5 Å². The summed E-state index contributed by atoms with van der Waals surface area (Å²) >= 11 is 0. The summed E-state index contributed by atoms with van der Waals surface area (Å²) in [4.78, 5) is 18.3. The predicted octanol–water partition coefficient (Wildman–Crippen LogP) is 2.96. The van der Waals surface area contributed by atoms with Crippen LogP contribution in [-0.2, 0) is 27.9 Å². The molecule has 194 valence electrons. The molecule has 2 saturated carbocycles. The molecule has 1 amide bonds. The second-order valence-electron chi connectivity index (χ2n) is 12.2. The fraction of sp³-hybridized carbons (Fsp3) is 0.567. The monoisotopic (exact) mass is 502 g/mol. The zero-order chi connectivity index (χ0) is 25.2. The van der Waals surface area contributed by atoms with Crippen molar-refractivity contribution in [1.82, 2.24) is 9.80 Å². The number of hydrogen-bond donors (Lipinski definition) is 2. The van der Waals surface area contributed by atoms with Gasteiger partial charge in [0.15, 0.2) is 11.5 Å². The number of aliphatic hydroxyl groups is 1. The second-order valence-corrected chi connectivity index (χ2v) is 12.2. The maximum absolute atomic E-state index is 14.0. The number of aromatic hydroxyl groups is 1. The SMILES string of the molecule is COc1ccc2c(c1O)C13CCN(CC4CC4)C(C2)C12CCC1(O)C3[C@H](O2)C(=O)N1Cc1ccccc1. The third kappa shape index (κ3) is 2.60. The van der Waals surface area contributed by atoms with E-state index >= 15 is 0 Å². The number of ether oxygens (including phenoxy) is 2. The highest BCUT2D eigenvalue weighted by Crippen LogP contribution is 2.73. The minimum atomic E-state index is -1.33. The van der Waals surface area contributed by atoms with Gasteiger partial charge >= 0.3 is 0 Å². The number of likely N-dealkylation sites (tertiary alicyclic amines) is 2. The summed E-state index contributed by atoms with van der Waals surface area (Å²) in [6.07, 6.45) is 4.54. The Balaban J connectivity index is 1.32. The highest BCUT2D eigenvalue weighted by molar-refractivity contribution is 5.87. The average Bonchev–Trinajstić information content (AvgIpc) is 3.64. The average molecular weight is 503 g/mol. The number of carbonyl (C=O) groups is 1. The van der Waals surface area contributed by atoms with Crippen molar-refractivity contribution in [3.63, 3.8) is 0 Å². The number of nitrogens with zero attached hydrogens (tertiary/aromatic N) is 2. The van der Waals surface area contributed by atoms with Crippen LogP contribution in [-0.4, -0.2) is 69.6 Å². The molecule has 37 heavy (non-hydrogen) atoms. The van der Waals surface area contributed by atoms with Gasteiger partial charge in [0, 0.05) is 30.1 Å². The molecule has 6 aliphatic rings. The van der Waals surface area contributed by atoms with Gasteiger partial charge in [0.25, 0.3) is 5.91 Å². The number of rotatable bonds is 5. The van der Waals surface area contributed by atoms with Gasteiger partial charge in [-0.2, -0.15) is 0 Å². The molecule has 0 spiro atoms. The zero-order valence-electron chi connectivity index (χ0n) is 21.2. The van der Waals surface area contributed by atoms with Gasteiger partial charge < -0.3 is 24.6 Å². The van der Waals surface area contributed by atoms with Gasteiger partial charge in [0.05, 0.1) is 18.6 Å². The summed E-state index contributed by atoms with van der Waals surface area (Å²) in [6, 6.07) is 13.9. The number of carbonyl (C=O) groups excluding carboxylic acids is 1. The van der Waals surface area contributed by atoms with Gasteiger partial charge in [-0.05, 0) is 68.2 Å². The molecule has 3 heterocycles. The molecule has 3 aliphatic carbocycles. The number of methoxy groups -OCH3 is 1. The van der Waals surface area contributed by atoms with Gasteiger partial charge in [0.1, 0.15) is 11.8 Å². The molecular formula is C30H34N2O5. The number of amides is 1. The highest BCUT2D eigenvalue weighted by atomic mass is 16.5. The van der Waals surface area contributed by atoms with Gasteiger partial charge in [-0.1, -0.05) is 36.4 Å². The summed E-state index contributed by atoms with van der Waals surface area (Å²) in [5, 5.41) is 24.1. The fourth-order valence-corrected chi connectivity index (χ4v) is 9.16. The van der Waals surface area contributed by atoms with E-state index in [2.05, 4.69) is 11.0 Å². The maximum atomic E-state index is 14.0. The van der Waals surface area contributed by atoms with E-state index in [1.54, 1.807) is 12.0 Å². The Bertz CT molecular complexity index is 1300. The second kappa shape index (κ2) is 7.28. The Kier molecular flexibility index (Phi) is 4.40. The fourth-order valence-electron chi connectivity index (χ4n) is 9.16. The highest BCUT2D eigenvalue weighted by Gasteiger charge is 2.83. The van der Waals surface area contributed by atoms with Crippen molar-refractivity contribution in [3.8, 4) is 11.5 Å². The lowest BCUT2D eigenvalue weighted by Crippen LogP contribution is -2.76. The van der Waals surface area contributed by atoms with E-state index in [-0.39, 0.29) is 17.7 Å². The normalized spacial score (nSPS) is 39.5.